The summed E-state index contributed by atoms with van der Waals surface area (Å²) in [5.41, 5.74) is -0.177. The van der Waals surface area contributed by atoms with E-state index in [4.69, 9.17) is 9.47 Å². The van der Waals surface area contributed by atoms with Crippen molar-refractivity contribution in [3.05, 3.63) is 27.2 Å². The lowest BCUT2D eigenvalue weighted by Gasteiger charge is -2.23. The predicted molar refractivity (Wildman–Crippen MR) is 98.8 cm³/mol. The molecule has 0 atom stereocenters. The third-order valence-corrected chi connectivity index (χ3v) is 4.76. The molecule has 1 aliphatic rings. The number of hydrogen-bond acceptors (Lipinski definition) is 6. The Balaban J connectivity index is 2.13. The minimum Gasteiger partial charge on any atom is -0.346 e. The summed E-state index contributed by atoms with van der Waals surface area (Å²) in [7, 11) is 0. The van der Waals surface area contributed by atoms with Crippen molar-refractivity contribution in [3.8, 4) is 0 Å². The van der Waals surface area contributed by atoms with Crippen molar-refractivity contribution in [1.29, 1.82) is 0 Å². The van der Waals surface area contributed by atoms with Crippen LogP contribution in [0.3, 0.4) is 0 Å². The van der Waals surface area contributed by atoms with Gasteiger partial charge in [-0.15, -0.1) is 0 Å². The highest BCUT2D eigenvalue weighted by Gasteiger charge is 2.32. The van der Waals surface area contributed by atoms with Gasteiger partial charge in [-0.05, 0) is 20.3 Å². The fourth-order valence-corrected chi connectivity index (χ4v) is 3.30. The first kappa shape index (κ1) is 19.5. The molecule has 0 aliphatic carbocycles. The third kappa shape index (κ3) is 3.89. The van der Waals surface area contributed by atoms with Gasteiger partial charge < -0.3 is 14.0 Å². The highest BCUT2D eigenvalue weighted by molar-refractivity contribution is 5.75. The number of aromatic nitrogens is 4. The highest BCUT2D eigenvalue weighted by atomic mass is 16.7. The van der Waals surface area contributed by atoms with Crippen LogP contribution in [-0.2, 0) is 33.9 Å². The quantitative estimate of drug-likeness (QED) is 0.677. The molecular formula is C18H26N4O5. The average molecular weight is 378 g/mol. The van der Waals surface area contributed by atoms with Gasteiger partial charge in [-0.3, -0.25) is 18.7 Å². The maximum Gasteiger partial charge on any atom is 0.332 e. The Morgan fingerprint density at radius 2 is 1.93 bits per heavy atom. The molecule has 0 amide bonds. The van der Waals surface area contributed by atoms with Gasteiger partial charge in [-0.25, -0.2) is 9.78 Å². The molecule has 148 valence electrons. The molecule has 9 nitrogen and oxygen atoms in total. The molecule has 0 aromatic carbocycles. The van der Waals surface area contributed by atoms with E-state index in [0.29, 0.717) is 30.9 Å². The van der Waals surface area contributed by atoms with Crippen LogP contribution in [-0.4, -0.2) is 43.5 Å². The van der Waals surface area contributed by atoms with Crippen LogP contribution in [0.1, 0.15) is 40.0 Å². The lowest BCUT2D eigenvalue weighted by Crippen LogP contribution is -2.41. The van der Waals surface area contributed by atoms with Crippen LogP contribution < -0.4 is 11.2 Å². The number of unbranched alkanes of at least 4 members (excludes halogenated alkanes) is 1. The molecule has 0 saturated carbocycles. The summed E-state index contributed by atoms with van der Waals surface area (Å²) in [5.74, 6) is -0.912. The summed E-state index contributed by atoms with van der Waals surface area (Å²) in [4.78, 5) is 41.6. The van der Waals surface area contributed by atoms with Gasteiger partial charge >= 0.3 is 5.69 Å². The first-order valence-electron chi connectivity index (χ1n) is 9.32. The number of carbonyl (C=O) groups is 1. The maximum absolute atomic E-state index is 13.0. The fourth-order valence-electron chi connectivity index (χ4n) is 3.30. The fraction of sp³-hybridized carbons (Fsp3) is 0.667. The van der Waals surface area contributed by atoms with Crippen molar-refractivity contribution in [2.24, 2.45) is 0 Å². The van der Waals surface area contributed by atoms with Gasteiger partial charge in [0.2, 0.25) is 0 Å². The molecule has 2 aromatic rings. The summed E-state index contributed by atoms with van der Waals surface area (Å²) in [6, 6.07) is 0. The largest absolute Gasteiger partial charge is 0.346 e. The number of hydrogen-bond donors (Lipinski definition) is 0. The van der Waals surface area contributed by atoms with Crippen molar-refractivity contribution in [1.82, 2.24) is 18.7 Å². The average Bonchev–Trinajstić information content (AvgIpc) is 3.21. The molecule has 2 aromatic heterocycles. The summed E-state index contributed by atoms with van der Waals surface area (Å²) >= 11 is 0. The summed E-state index contributed by atoms with van der Waals surface area (Å²) in [6.07, 6.45) is 3.36. The van der Waals surface area contributed by atoms with E-state index in [9.17, 15) is 14.4 Å². The van der Waals surface area contributed by atoms with E-state index in [-0.39, 0.29) is 25.3 Å². The Labute approximate surface area is 156 Å². The highest BCUT2D eigenvalue weighted by Crippen LogP contribution is 2.22. The van der Waals surface area contributed by atoms with E-state index in [1.54, 1.807) is 10.9 Å². The second-order valence-corrected chi connectivity index (χ2v) is 7.07. The van der Waals surface area contributed by atoms with Crippen LogP contribution in [0, 0.1) is 0 Å². The topological polar surface area (TPSA) is 97.4 Å². The first-order chi connectivity index (χ1) is 12.9. The lowest BCUT2D eigenvalue weighted by molar-refractivity contribution is -0.151. The van der Waals surface area contributed by atoms with Crippen LogP contribution >= 0.6 is 0 Å². The van der Waals surface area contributed by atoms with E-state index < -0.39 is 17.0 Å². The lowest BCUT2D eigenvalue weighted by atomic mass is 10.3. The number of ether oxygens (including phenoxy) is 2. The van der Waals surface area contributed by atoms with Gasteiger partial charge in [0.05, 0.1) is 26.1 Å². The zero-order chi connectivity index (χ0) is 19.6. The second-order valence-electron chi connectivity index (χ2n) is 7.07. The Morgan fingerprint density at radius 1 is 1.22 bits per heavy atom. The molecule has 1 aliphatic heterocycles. The van der Waals surface area contributed by atoms with E-state index in [1.807, 2.05) is 13.8 Å². The number of fused-ring (bicyclic) bond motifs is 1. The molecule has 1 saturated heterocycles. The van der Waals surface area contributed by atoms with Crippen LogP contribution in [0.4, 0.5) is 0 Å². The van der Waals surface area contributed by atoms with Gasteiger partial charge in [0, 0.05) is 19.5 Å². The molecule has 0 spiro atoms. The van der Waals surface area contributed by atoms with Crippen molar-refractivity contribution in [2.75, 3.05) is 13.2 Å². The van der Waals surface area contributed by atoms with Crippen molar-refractivity contribution in [2.45, 2.75) is 65.5 Å². The van der Waals surface area contributed by atoms with E-state index in [0.717, 1.165) is 17.4 Å². The predicted octanol–water partition coefficient (Wildman–Crippen LogP) is 0.902. The first-order valence-corrected chi connectivity index (χ1v) is 9.32. The van der Waals surface area contributed by atoms with E-state index in [2.05, 4.69) is 4.98 Å². The molecule has 0 radical (unpaired) electrons. The SMILES string of the molecule is CCCCn1c(=O)n(CCC(C)=O)c(=O)c2c1ncn2CC1(C)OCCO1. The maximum atomic E-state index is 13.0. The zero-order valence-electron chi connectivity index (χ0n) is 16.1. The molecule has 0 bridgehead atoms. The van der Waals surface area contributed by atoms with Crippen molar-refractivity contribution < 1.29 is 14.3 Å². The minimum atomic E-state index is -0.839. The number of ketones is 1. The Hall–Kier alpha value is -2.26. The van der Waals surface area contributed by atoms with Gasteiger partial charge in [0.25, 0.3) is 5.56 Å². The van der Waals surface area contributed by atoms with Crippen LogP contribution in [0.15, 0.2) is 15.9 Å². The molecule has 0 N–H and O–H groups in total. The molecular weight excluding hydrogens is 352 g/mol. The zero-order valence-corrected chi connectivity index (χ0v) is 16.1. The normalized spacial score (nSPS) is 16.3. The molecule has 3 rings (SSSR count). The molecule has 9 heteroatoms. The number of aryl methyl sites for hydroxylation is 1. The molecule has 27 heavy (non-hydrogen) atoms. The number of nitrogens with zero attached hydrogens (tertiary/aromatic N) is 4. The smallest absolute Gasteiger partial charge is 0.332 e. The summed E-state index contributed by atoms with van der Waals surface area (Å²) in [5, 5.41) is 0. The molecule has 0 unspecified atom stereocenters. The number of carbonyl (C=O) groups excluding carboxylic acids is 1. The Bertz CT molecular complexity index is 949. The van der Waals surface area contributed by atoms with Crippen molar-refractivity contribution >= 4 is 16.9 Å². The van der Waals surface area contributed by atoms with Crippen LogP contribution in [0.2, 0.25) is 0 Å². The minimum absolute atomic E-state index is 0.0600. The number of imidazole rings is 1. The van der Waals surface area contributed by atoms with Gasteiger partial charge in [-0.2, -0.15) is 0 Å². The second kappa shape index (κ2) is 7.77. The Kier molecular flexibility index (Phi) is 5.61. The monoisotopic (exact) mass is 378 g/mol. The van der Waals surface area contributed by atoms with Gasteiger partial charge in [0.1, 0.15) is 5.78 Å². The molecule has 1 fully saturated rings. The van der Waals surface area contributed by atoms with E-state index in [1.165, 1.54) is 11.5 Å². The summed E-state index contributed by atoms with van der Waals surface area (Å²) < 4.78 is 15.6. The molecule has 3 heterocycles. The van der Waals surface area contributed by atoms with Gasteiger partial charge in [-0.1, -0.05) is 13.3 Å². The van der Waals surface area contributed by atoms with E-state index >= 15 is 0 Å². The standard InChI is InChI=1S/C18H26N4O5/c1-4-5-7-21-15-14(16(24)22(17(21)25)8-6-13(2)23)20(12-19-15)11-18(3)26-9-10-27-18/h12H,4-11H2,1-3H3. The third-order valence-electron chi connectivity index (χ3n) is 4.76. The van der Waals surface area contributed by atoms with Crippen LogP contribution in [0.5, 0.6) is 0 Å². The number of rotatable bonds is 8. The van der Waals surface area contributed by atoms with Crippen molar-refractivity contribution in [3.63, 3.8) is 0 Å². The Morgan fingerprint density at radius 3 is 2.56 bits per heavy atom. The number of Topliss-reactive ketones (excluding diaryl/α,β-unsaturated/α-hetero) is 1. The van der Waals surface area contributed by atoms with Crippen LogP contribution in [0.25, 0.3) is 11.2 Å². The van der Waals surface area contributed by atoms with Gasteiger partial charge in [0.15, 0.2) is 17.0 Å². The summed E-state index contributed by atoms with van der Waals surface area (Å²) in [6.45, 7) is 7.09.